The maximum Gasteiger partial charge on any atom is 0.150 e. The van der Waals surface area contributed by atoms with E-state index in [4.69, 9.17) is 4.98 Å². The highest BCUT2D eigenvalue weighted by Crippen LogP contribution is 2.27. The van der Waals surface area contributed by atoms with Crippen molar-refractivity contribution in [2.24, 2.45) is 11.8 Å². The van der Waals surface area contributed by atoms with Gasteiger partial charge in [-0.15, -0.1) is 0 Å². The number of aromatic nitrogens is 2. The molecular formula is C19H33N5O. The van der Waals surface area contributed by atoms with Gasteiger partial charge in [0.15, 0.2) is 0 Å². The summed E-state index contributed by atoms with van der Waals surface area (Å²) in [5.74, 6) is 1.91. The van der Waals surface area contributed by atoms with Crippen LogP contribution in [0.25, 0.3) is 0 Å². The second-order valence-corrected chi connectivity index (χ2v) is 7.93. The Hall–Kier alpha value is -1.24. The first-order valence-corrected chi connectivity index (χ1v) is 9.62. The Kier molecular flexibility index (Phi) is 6.25. The van der Waals surface area contributed by atoms with Gasteiger partial charge in [-0.3, -0.25) is 4.98 Å². The lowest BCUT2D eigenvalue weighted by Crippen LogP contribution is -2.46. The van der Waals surface area contributed by atoms with Crippen LogP contribution in [-0.4, -0.2) is 84.3 Å². The smallest absolute Gasteiger partial charge is 0.150 e. The lowest BCUT2D eigenvalue weighted by atomic mass is 9.89. The highest BCUT2D eigenvalue weighted by atomic mass is 16.3. The summed E-state index contributed by atoms with van der Waals surface area (Å²) in [5.41, 5.74) is 1.94. The van der Waals surface area contributed by atoms with Gasteiger partial charge in [-0.1, -0.05) is 0 Å². The first-order chi connectivity index (χ1) is 12.0. The third-order valence-electron chi connectivity index (χ3n) is 5.56. The molecule has 3 heterocycles. The molecule has 6 nitrogen and oxygen atoms in total. The first kappa shape index (κ1) is 18.5. The van der Waals surface area contributed by atoms with Crippen LogP contribution in [-0.2, 0) is 0 Å². The van der Waals surface area contributed by atoms with Crippen molar-refractivity contribution in [3.05, 3.63) is 17.6 Å². The van der Waals surface area contributed by atoms with E-state index in [0.29, 0.717) is 11.8 Å². The molecule has 0 radical (unpaired) electrons. The average molecular weight is 348 g/mol. The maximum atomic E-state index is 9.80. The zero-order valence-electron chi connectivity index (χ0n) is 16.0. The molecule has 0 amide bonds. The van der Waals surface area contributed by atoms with Crippen molar-refractivity contribution in [3.63, 3.8) is 0 Å². The second kappa shape index (κ2) is 8.43. The van der Waals surface area contributed by atoms with Gasteiger partial charge < -0.3 is 19.8 Å². The summed E-state index contributed by atoms with van der Waals surface area (Å²) >= 11 is 0. The van der Waals surface area contributed by atoms with Crippen LogP contribution in [0.4, 0.5) is 5.82 Å². The summed E-state index contributed by atoms with van der Waals surface area (Å²) in [6.07, 6.45) is 4.19. The topological polar surface area (TPSA) is 55.7 Å². The van der Waals surface area contributed by atoms with E-state index in [-0.39, 0.29) is 6.61 Å². The van der Waals surface area contributed by atoms with Crippen LogP contribution in [0.15, 0.2) is 6.20 Å². The molecule has 2 atom stereocenters. The zero-order valence-corrected chi connectivity index (χ0v) is 16.0. The molecule has 3 rings (SSSR count). The molecule has 0 spiro atoms. The van der Waals surface area contributed by atoms with E-state index in [1.807, 2.05) is 20.0 Å². The Morgan fingerprint density at radius 1 is 1.12 bits per heavy atom. The third kappa shape index (κ3) is 4.90. The van der Waals surface area contributed by atoms with E-state index in [9.17, 15) is 5.11 Å². The van der Waals surface area contributed by atoms with Gasteiger partial charge in [0.1, 0.15) is 5.82 Å². The number of likely N-dealkylation sites (N-methyl/N-ethyl adjacent to an activating group) is 1. The summed E-state index contributed by atoms with van der Waals surface area (Å²) in [7, 11) is 2.22. The third-order valence-corrected chi connectivity index (χ3v) is 5.56. The van der Waals surface area contributed by atoms with E-state index in [2.05, 4.69) is 26.7 Å². The van der Waals surface area contributed by atoms with Crippen molar-refractivity contribution in [1.29, 1.82) is 0 Å². The Balaban J connectivity index is 1.69. The van der Waals surface area contributed by atoms with E-state index >= 15 is 0 Å². The minimum Gasteiger partial charge on any atom is -0.396 e. The van der Waals surface area contributed by atoms with Gasteiger partial charge in [0.05, 0.1) is 11.4 Å². The molecule has 0 aliphatic carbocycles. The number of piperidine rings is 1. The molecule has 1 aromatic rings. The van der Waals surface area contributed by atoms with Gasteiger partial charge in [0.2, 0.25) is 0 Å². The Bertz CT molecular complexity index is 567. The number of aryl methyl sites for hydroxylation is 2. The minimum absolute atomic E-state index is 0.258. The molecule has 0 bridgehead atoms. The predicted molar refractivity (Wildman–Crippen MR) is 101 cm³/mol. The number of hydrogen-bond acceptors (Lipinski definition) is 6. The molecule has 25 heavy (non-hydrogen) atoms. The average Bonchev–Trinajstić information content (AvgIpc) is 2.81. The molecule has 140 valence electrons. The summed E-state index contributed by atoms with van der Waals surface area (Å²) in [5, 5.41) is 9.80. The van der Waals surface area contributed by atoms with Crippen LogP contribution in [0.1, 0.15) is 24.2 Å². The number of hydrogen-bond donors (Lipinski definition) is 1. The highest BCUT2D eigenvalue weighted by molar-refractivity contribution is 5.44. The molecule has 2 saturated heterocycles. The number of aliphatic hydroxyl groups is 1. The lowest BCUT2D eigenvalue weighted by Gasteiger charge is -2.40. The number of anilines is 1. The molecule has 0 saturated carbocycles. The van der Waals surface area contributed by atoms with Crippen molar-refractivity contribution in [2.45, 2.75) is 26.7 Å². The molecule has 6 heteroatoms. The molecule has 0 unspecified atom stereocenters. The number of aliphatic hydroxyl groups excluding tert-OH is 1. The quantitative estimate of drug-likeness (QED) is 0.882. The number of nitrogens with zero attached hydrogens (tertiary/aromatic N) is 5. The van der Waals surface area contributed by atoms with Crippen LogP contribution in [0.5, 0.6) is 0 Å². The van der Waals surface area contributed by atoms with Crippen molar-refractivity contribution in [2.75, 3.05) is 64.4 Å². The Morgan fingerprint density at radius 2 is 1.92 bits per heavy atom. The summed E-state index contributed by atoms with van der Waals surface area (Å²) in [6.45, 7) is 12.0. The molecule has 2 fully saturated rings. The summed E-state index contributed by atoms with van der Waals surface area (Å²) in [4.78, 5) is 16.6. The van der Waals surface area contributed by atoms with Crippen LogP contribution < -0.4 is 4.90 Å². The molecule has 0 aromatic carbocycles. The molecule has 1 N–H and O–H groups in total. The monoisotopic (exact) mass is 347 g/mol. The van der Waals surface area contributed by atoms with E-state index in [0.717, 1.165) is 56.4 Å². The van der Waals surface area contributed by atoms with E-state index in [1.165, 1.54) is 19.5 Å². The van der Waals surface area contributed by atoms with Gasteiger partial charge in [0, 0.05) is 45.5 Å². The molecule has 2 aliphatic heterocycles. The fourth-order valence-corrected chi connectivity index (χ4v) is 4.23. The predicted octanol–water partition coefficient (Wildman–Crippen LogP) is 1.17. The van der Waals surface area contributed by atoms with Crippen LogP contribution in [0.2, 0.25) is 0 Å². The molecule has 1 aromatic heterocycles. The Labute approximate surface area is 151 Å². The fraction of sp³-hybridized carbons (Fsp3) is 0.789. The Morgan fingerprint density at radius 3 is 2.72 bits per heavy atom. The van der Waals surface area contributed by atoms with Crippen molar-refractivity contribution >= 4 is 5.82 Å². The fourth-order valence-electron chi connectivity index (χ4n) is 4.23. The maximum absolute atomic E-state index is 9.80. The lowest BCUT2D eigenvalue weighted by molar-refractivity contribution is 0.155. The van der Waals surface area contributed by atoms with Crippen molar-refractivity contribution in [3.8, 4) is 0 Å². The van der Waals surface area contributed by atoms with Crippen molar-refractivity contribution < 1.29 is 5.11 Å². The van der Waals surface area contributed by atoms with Crippen molar-refractivity contribution in [1.82, 2.24) is 19.8 Å². The largest absolute Gasteiger partial charge is 0.396 e. The summed E-state index contributed by atoms with van der Waals surface area (Å²) < 4.78 is 0. The van der Waals surface area contributed by atoms with E-state index < -0.39 is 0 Å². The molecular weight excluding hydrogens is 314 g/mol. The van der Waals surface area contributed by atoms with Crippen LogP contribution >= 0.6 is 0 Å². The van der Waals surface area contributed by atoms with Crippen LogP contribution in [0.3, 0.4) is 0 Å². The van der Waals surface area contributed by atoms with Gasteiger partial charge in [-0.05, 0) is 58.7 Å². The SMILES string of the molecule is Cc1cnc(C)c(N2C[C@H](CO)C[C@H](CN3CCCN(C)CC3)C2)n1. The first-order valence-electron chi connectivity index (χ1n) is 9.62. The molecule has 2 aliphatic rings. The van der Waals surface area contributed by atoms with Crippen LogP contribution in [0, 0.1) is 25.7 Å². The minimum atomic E-state index is 0.258. The van der Waals surface area contributed by atoms with Gasteiger partial charge >= 0.3 is 0 Å². The van der Waals surface area contributed by atoms with Gasteiger partial charge in [-0.25, -0.2) is 4.98 Å². The standard InChI is InChI=1S/C19H33N5O/c1-15-10-20-16(2)19(21-15)24-12-17(9-18(13-24)14-25)11-23-6-4-5-22(3)7-8-23/h10,17-18,25H,4-9,11-14H2,1-3H3/t17-,18-/m1/s1. The summed E-state index contributed by atoms with van der Waals surface area (Å²) in [6, 6.07) is 0. The zero-order chi connectivity index (χ0) is 17.8. The second-order valence-electron chi connectivity index (χ2n) is 7.93. The van der Waals surface area contributed by atoms with Gasteiger partial charge in [0.25, 0.3) is 0 Å². The highest BCUT2D eigenvalue weighted by Gasteiger charge is 2.30. The normalized spacial score (nSPS) is 26.6. The van der Waals surface area contributed by atoms with E-state index in [1.54, 1.807) is 0 Å². The van der Waals surface area contributed by atoms with Gasteiger partial charge in [-0.2, -0.15) is 0 Å². The number of rotatable bonds is 4.